The Bertz CT molecular complexity index is 231. The standard InChI is InChI=1S/C12H22N2O2/c1-2-7-13-8-12(16)14-11-6-4-3-5-10(11)9-15/h2,10-11,13,15H,1,3-9H2,(H,14,16). The van der Waals surface area contributed by atoms with Gasteiger partial charge in [0, 0.05) is 25.1 Å². The highest BCUT2D eigenvalue weighted by atomic mass is 16.3. The van der Waals surface area contributed by atoms with E-state index in [2.05, 4.69) is 17.2 Å². The smallest absolute Gasteiger partial charge is 0.234 e. The van der Waals surface area contributed by atoms with Crippen LogP contribution in [0.1, 0.15) is 25.7 Å². The van der Waals surface area contributed by atoms with Gasteiger partial charge in [-0.25, -0.2) is 0 Å². The second kappa shape index (κ2) is 7.41. The second-order valence-corrected chi connectivity index (χ2v) is 4.32. The van der Waals surface area contributed by atoms with Crippen LogP contribution in [0.4, 0.5) is 0 Å². The summed E-state index contributed by atoms with van der Waals surface area (Å²) >= 11 is 0. The van der Waals surface area contributed by atoms with Gasteiger partial charge in [0.1, 0.15) is 0 Å². The lowest BCUT2D eigenvalue weighted by molar-refractivity contribution is -0.121. The quantitative estimate of drug-likeness (QED) is 0.454. The maximum Gasteiger partial charge on any atom is 0.234 e. The van der Waals surface area contributed by atoms with Crippen molar-refractivity contribution in [2.24, 2.45) is 5.92 Å². The van der Waals surface area contributed by atoms with Gasteiger partial charge in [0.2, 0.25) is 5.91 Å². The van der Waals surface area contributed by atoms with Gasteiger partial charge in [0.05, 0.1) is 6.54 Å². The number of nitrogens with one attached hydrogen (secondary N) is 2. The molecule has 0 radical (unpaired) electrons. The van der Waals surface area contributed by atoms with Crippen LogP contribution in [0.2, 0.25) is 0 Å². The van der Waals surface area contributed by atoms with E-state index < -0.39 is 0 Å². The topological polar surface area (TPSA) is 61.4 Å². The zero-order valence-electron chi connectivity index (χ0n) is 9.74. The fourth-order valence-electron chi connectivity index (χ4n) is 2.16. The first-order valence-electron chi connectivity index (χ1n) is 5.99. The monoisotopic (exact) mass is 226 g/mol. The molecule has 2 unspecified atom stereocenters. The molecular formula is C12H22N2O2. The van der Waals surface area contributed by atoms with Gasteiger partial charge in [-0.1, -0.05) is 18.9 Å². The van der Waals surface area contributed by atoms with Crippen LogP contribution in [0.15, 0.2) is 12.7 Å². The zero-order valence-corrected chi connectivity index (χ0v) is 9.74. The van der Waals surface area contributed by atoms with Crippen LogP contribution >= 0.6 is 0 Å². The molecular weight excluding hydrogens is 204 g/mol. The zero-order chi connectivity index (χ0) is 11.8. The molecule has 0 spiro atoms. The summed E-state index contributed by atoms with van der Waals surface area (Å²) < 4.78 is 0. The molecule has 0 aromatic heterocycles. The summed E-state index contributed by atoms with van der Waals surface area (Å²) in [5, 5.41) is 15.2. The number of carbonyl (C=O) groups is 1. The van der Waals surface area contributed by atoms with Gasteiger partial charge in [0.15, 0.2) is 0 Å². The largest absolute Gasteiger partial charge is 0.396 e. The van der Waals surface area contributed by atoms with Crippen LogP contribution in [0.3, 0.4) is 0 Å². The SMILES string of the molecule is C=CCNCC(=O)NC1CCCCC1CO. The van der Waals surface area contributed by atoms with Gasteiger partial charge < -0.3 is 15.7 Å². The van der Waals surface area contributed by atoms with E-state index in [1.54, 1.807) is 6.08 Å². The molecule has 1 amide bonds. The summed E-state index contributed by atoms with van der Waals surface area (Å²) in [6.07, 6.45) is 6.03. The van der Waals surface area contributed by atoms with E-state index in [0.717, 1.165) is 25.7 Å². The molecule has 4 nitrogen and oxygen atoms in total. The first-order chi connectivity index (χ1) is 7.77. The molecule has 1 rings (SSSR count). The summed E-state index contributed by atoms with van der Waals surface area (Å²) in [4.78, 5) is 11.6. The summed E-state index contributed by atoms with van der Waals surface area (Å²) in [5.41, 5.74) is 0. The third kappa shape index (κ3) is 4.33. The van der Waals surface area contributed by atoms with E-state index in [4.69, 9.17) is 0 Å². The van der Waals surface area contributed by atoms with Crippen molar-refractivity contribution in [3.05, 3.63) is 12.7 Å². The molecule has 0 aromatic rings. The van der Waals surface area contributed by atoms with E-state index in [9.17, 15) is 9.90 Å². The highest BCUT2D eigenvalue weighted by molar-refractivity contribution is 5.78. The first kappa shape index (κ1) is 13.2. The highest BCUT2D eigenvalue weighted by Gasteiger charge is 2.25. The van der Waals surface area contributed by atoms with E-state index in [1.807, 2.05) is 0 Å². The molecule has 92 valence electrons. The predicted molar refractivity (Wildman–Crippen MR) is 64.0 cm³/mol. The Morgan fingerprint density at radius 1 is 1.44 bits per heavy atom. The van der Waals surface area contributed by atoms with Crippen molar-refractivity contribution in [3.63, 3.8) is 0 Å². The molecule has 4 heteroatoms. The van der Waals surface area contributed by atoms with Crippen molar-refractivity contribution < 1.29 is 9.90 Å². The fourth-order valence-corrected chi connectivity index (χ4v) is 2.16. The minimum atomic E-state index is 0.00667. The van der Waals surface area contributed by atoms with Crippen LogP contribution < -0.4 is 10.6 Å². The Balaban J connectivity index is 2.27. The molecule has 16 heavy (non-hydrogen) atoms. The lowest BCUT2D eigenvalue weighted by atomic mass is 9.85. The summed E-state index contributed by atoms with van der Waals surface area (Å²) in [6.45, 7) is 4.70. The third-order valence-electron chi connectivity index (χ3n) is 3.06. The number of aliphatic hydroxyl groups is 1. The number of amides is 1. The molecule has 0 bridgehead atoms. The van der Waals surface area contributed by atoms with Crippen molar-refractivity contribution in [1.82, 2.24) is 10.6 Å². The molecule has 3 N–H and O–H groups in total. The van der Waals surface area contributed by atoms with Gasteiger partial charge in [-0.2, -0.15) is 0 Å². The van der Waals surface area contributed by atoms with Crippen molar-refractivity contribution in [1.29, 1.82) is 0 Å². The molecule has 2 atom stereocenters. The van der Waals surface area contributed by atoms with Crippen molar-refractivity contribution in [3.8, 4) is 0 Å². The first-order valence-corrected chi connectivity index (χ1v) is 5.99. The number of hydrogen-bond acceptors (Lipinski definition) is 3. The number of carbonyl (C=O) groups excluding carboxylic acids is 1. The predicted octanol–water partition coefficient (Wildman–Crippen LogP) is 0.429. The van der Waals surface area contributed by atoms with E-state index >= 15 is 0 Å². The molecule has 1 fully saturated rings. The Hall–Kier alpha value is -0.870. The van der Waals surface area contributed by atoms with Crippen molar-refractivity contribution >= 4 is 5.91 Å². The minimum absolute atomic E-state index is 0.00667. The minimum Gasteiger partial charge on any atom is -0.396 e. The summed E-state index contributed by atoms with van der Waals surface area (Å²) in [6, 6.07) is 0.150. The molecule has 0 heterocycles. The second-order valence-electron chi connectivity index (χ2n) is 4.32. The third-order valence-corrected chi connectivity index (χ3v) is 3.06. The summed E-state index contributed by atoms with van der Waals surface area (Å²) in [5.74, 6) is 0.240. The number of hydrogen-bond donors (Lipinski definition) is 3. The van der Waals surface area contributed by atoms with Crippen LogP contribution in [0, 0.1) is 5.92 Å². The average molecular weight is 226 g/mol. The lowest BCUT2D eigenvalue weighted by Gasteiger charge is -2.30. The van der Waals surface area contributed by atoms with Crippen LogP contribution in [0.25, 0.3) is 0 Å². The van der Waals surface area contributed by atoms with Gasteiger partial charge in [-0.05, 0) is 12.8 Å². The lowest BCUT2D eigenvalue weighted by Crippen LogP contribution is -2.46. The Morgan fingerprint density at radius 2 is 2.19 bits per heavy atom. The Kier molecular flexibility index (Phi) is 6.11. The molecule has 0 aromatic carbocycles. The molecule has 1 saturated carbocycles. The number of rotatable bonds is 6. The van der Waals surface area contributed by atoms with Crippen LogP contribution in [0.5, 0.6) is 0 Å². The van der Waals surface area contributed by atoms with E-state index in [0.29, 0.717) is 13.1 Å². The molecule has 0 saturated heterocycles. The summed E-state index contributed by atoms with van der Waals surface area (Å²) in [7, 11) is 0. The van der Waals surface area contributed by atoms with E-state index in [-0.39, 0.29) is 24.5 Å². The van der Waals surface area contributed by atoms with Gasteiger partial charge >= 0.3 is 0 Å². The fraction of sp³-hybridized carbons (Fsp3) is 0.750. The maximum atomic E-state index is 11.6. The van der Waals surface area contributed by atoms with Crippen LogP contribution in [-0.2, 0) is 4.79 Å². The Morgan fingerprint density at radius 3 is 2.88 bits per heavy atom. The van der Waals surface area contributed by atoms with Gasteiger partial charge in [0.25, 0.3) is 0 Å². The highest BCUT2D eigenvalue weighted by Crippen LogP contribution is 2.23. The van der Waals surface area contributed by atoms with Crippen molar-refractivity contribution in [2.75, 3.05) is 19.7 Å². The Labute approximate surface area is 97.1 Å². The van der Waals surface area contributed by atoms with Crippen LogP contribution in [-0.4, -0.2) is 36.8 Å². The van der Waals surface area contributed by atoms with Gasteiger partial charge in [-0.3, -0.25) is 4.79 Å². The molecule has 1 aliphatic carbocycles. The molecule has 0 aliphatic heterocycles. The normalized spacial score (nSPS) is 25.1. The number of aliphatic hydroxyl groups excluding tert-OH is 1. The van der Waals surface area contributed by atoms with E-state index in [1.165, 1.54) is 0 Å². The average Bonchev–Trinajstić information content (AvgIpc) is 2.30. The maximum absolute atomic E-state index is 11.6. The van der Waals surface area contributed by atoms with Crippen molar-refractivity contribution in [2.45, 2.75) is 31.7 Å². The molecule has 1 aliphatic rings. The van der Waals surface area contributed by atoms with Gasteiger partial charge in [-0.15, -0.1) is 6.58 Å².